The highest BCUT2D eigenvalue weighted by Crippen LogP contribution is 2.32. The number of hydrogen-bond donors (Lipinski definition) is 1. The maximum atomic E-state index is 14.1. The third-order valence-corrected chi connectivity index (χ3v) is 4.06. The Hall–Kier alpha value is -1.39. The van der Waals surface area contributed by atoms with Crippen molar-refractivity contribution in [2.75, 3.05) is 0 Å². The summed E-state index contributed by atoms with van der Waals surface area (Å²) < 4.78 is 20.9. The second-order valence-corrected chi connectivity index (χ2v) is 6.31. The largest absolute Gasteiger partial charge is 0.454 e. The van der Waals surface area contributed by atoms with E-state index >= 15 is 0 Å². The molecule has 1 aliphatic rings. The number of halogens is 2. The number of rotatable bonds is 5. The van der Waals surface area contributed by atoms with Gasteiger partial charge in [-0.25, -0.2) is 4.39 Å². The van der Waals surface area contributed by atoms with Crippen LogP contribution in [-0.4, -0.2) is 6.04 Å². The summed E-state index contributed by atoms with van der Waals surface area (Å²) in [6.07, 6.45) is 2.41. The van der Waals surface area contributed by atoms with Crippen LogP contribution in [-0.2, 0) is 6.54 Å². The standard InChI is InChI=1S/C17H17BrFNO/c1-11-5-6-13(18)9-16(11)21-17-12(3-2-4-15(17)19)10-20-14-7-8-14/h2-6,9,14,20H,7-8,10H2,1H3. The molecule has 0 heterocycles. The van der Waals surface area contributed by atoms with Gasteiger partial charge >= 0.3 is 0 Å². The Balaban J connectivity index is 1.87. The Morgan fingerprint density at radius 1 is 1.29 bits per heavy atom. The number of aryl methyl sites for hydroxylation is 1. The van der Waals surface area contributed by atoms with Gasteiger partial charge in [0.05, 0.1) is 0 Å². The minimum Gasteiger partial charge on any atom is -0.454 e. The normalized spacial score (nSPS) is 14.2. The Labute approximate surface area is 132 Å². The van der Waals surface area contributed by atoms with Gasteiger partial charge in [-0.1, -0.05) is 34.1 Å². The van der Waals surface area contributed by atoms with E-state index in [0.29, 0.717) is 24.1 Å². The average molecular weight is 350 g/mol. The molecule has 2 nitrogen and oxygen atoms in total. The molecule has 1 N–H and O–H groups in total. The molecule has 0 aliphatic heterocycles. The van der Waals surface area contributed by atoms with Gasteiger partial charge in [-0.05, 0) is 43.5 Å². The average Bonchev–Trinajstić information content (AvgIpc) is 3.27. The van der Waals surface area contributed by atoms with Crippen molar-refractivity contribution in [2.24, 2.45) is 0 Å². The SMILES string of the molecule is Cc1ccc(Br)cc1Oc1c(F)cccc1CNC1CC1. The number of para-hydroxylation sites is 1. The quantitative estimate of drug-likeness (QED) is 0.825. The van der Waals surface area contributed by atoms with Crippen molar-refractivity contribution in [1.82, 2.24) is 5.32 Å². The summed E-state index contributed by atoms with van der Waals surface area (Å²) in [4.78, 5) is 0. The third kappa shape index (κ3) is 3.63. The van der Waals surface area contributed by atoms with Crippen molar-refractivity contribution in [1.29, 1.82) is 0 Å². The van der Waals surface area contributed by atoms with Crippen molar-refractivity contribution in [3.05, 3.63) is 57.8 Å². The van der Waals surface area contributed by atoms with E-state index in [1.807, 2.05) is 31.2 Å². The van der Waals surface area contributed by atoms with Gasteiger partial charge < -0.3 is 10.1 Å². The van der Waals surface area contributed by atoms with Crippen LogP contribution in [0.15, 0.2) is 40.9 Å². The van der Waals surface area contributed by atoms with Crippen LogP contribution in [0.5, 0.6) is 11.5 Å². The molecular formula is C17H17BrFNO. The first kappa shape index (κ1) is 14.5. The summed E-state index contributed by atoms with van der Waals surface area (Å²) in [7, 11) is 0. The van der Waals surface area contributed by atoms with Crippen LogP contribution in [0.3, 0.4) is 0 Å². The molecule has 0 aromatic heterocycles. The molecule has 0 radical (unpaired) electrons. The second kappa shape index (κ2) is 6.16. The Morgan fingerprint density at radius 3 is 2.86 bits per heavy atom. The minimum atomic E-state index is -0.329. The first-order valence-corrected chi connectivity index (χ1v) is 7.87. The molecule has 0 spiro atoms. The predicted octanol–water partition coefficient (Wildman–Crippen LogP) is 4.94. The topological polar surface area (TPSA) is 21.3 Å². The van der Waals surface area contributed by atoms with Crippen LogP contribution < -0.4 is 10.1 Å². The molecule has 1 aliphatic carbocycles. The molecule has 21 heavy (non-hydrogen) atoms. The van der Waals surface area contributed by atoms with Gasteiger partial charge in [0.2, 0.25) is 0 Å². The Morgan fingerprint density at radius 2 is 2.10 bits per heavy atom. The smallest absolute Gasteiger partial charge is 0.167 e. The van der Waals surface area contributed by atoms with Crippen molar-refractivity contribution in [2.45, 2.75) is 32.4 Å². The van der Waals surface area contributed by atoms with Crippen molar-refractivity contribution >= 4 is 15.9 Å². The van der Waals surface area contributed by atoms with Crippen molar-refractivity contribution < 1.29 is 9.13 Å². The van der Waals surface area contributed by atoms with Crippen molar-refractivity contribution in [3.63, 3.8) is 0 Å². The molecule has 0 atom stereocenters. The molecule has 0 amide bonds. The van der Waals surface area contributed by atoms with Crippen LogP contribution in [0.25, 0.3) is 0 Å². The van der Waals surface area contributed by atoms with E-state index in [1.165, 1.54) is 18.9 Å². The fourth-order valence-electron chi connectivity index (χ4n) is 2.14. The van der Waals surface area contributed by atoms with Gasteiger partial charge in [0, 0.05) is 22.6 Å². The summed E-state index contributed by atoms with van der Waals surface area (Å²) in [5.41, 5.74) is 1.82. The third-order valence-electron chi connectivity index (χ3n) is 3.57. The summed E-state index contributed by atoms with van der Waals surface area (Å²) in [5, 5.41) is 3.40. The van der Waals surface area contributed by atoms with E-state index in [4.69, 9.17) is 4.74 Å². The fraction of sp³-hybridized carbons (Fsp3) is 0.294. The van der Waals surface area contributed by atoms with E-state index in [1.54, 1.807) is 6.07 Å². The molecule has 1 saturated carbocycles. The lowest BCUT2D eigenvalue weighted by molar-refractivity contribution is 0.430. The zero-order valence-corrected chi connectivity index (χ0v) is 13.4. The molecule has 1 fully saturated rings. The summed E-state index contributed by atoms with van der Waals surface area (Å²) in [5.74, 6) is 0.651. The van der Waals surface area contributed by atoms with E-state index in [9.17, 15) is 4.39 Å². The van der Waals surface area contributed by atoms with Crippen LogP contribution in [0.4, 0.5) is 4.39 Å². The Bertz CT molecular complexity index is 655. The predicted molar refractivity (Wildman–Crippen MR) is 85.2 cm³/mol. The lowest BCUT2D eigenvalue weighted by atomic mass is 10.1. The maximum Gasteiger partial charge on any atom is 0.167 e. The molecule has 4 heteroatoms. The number of nitrogens with one attached hydrogen (secondary N) is 1. The summed E-state index contributed by atoms with van der Waals surface area (Å²) >= 11 is 3.42. The lowest BCUT2D eigenvalue weighted by Gasteiger charge is -2.14. The molecule has 0 bridgehead atoms. The van der Waals surface area contributed by atoms with Crippen molar-refractivity contribution in [3.8, 4) is 11.5 Å². The monoisotopic (exact) mass is 349 g/mol. The highest BCUT2D eigenvalue weighted by atomic mass is 79.9. The van der Waals surface area contributed by atoms with Crippen LogP contribution >= 0.6 is 15.9 Å². The van der Waals surface area contributed by atoms with E-state index in [2.05, 4.69) is 21.2 Å². The first-order chi connectivity index (χ1) is 10.1. The molecule has 0 unspecified atom stereocenters. The Kier molecular flexibility index (Phi) is 4.27. The zero-order chi connectivity index (χ0) is 14.8. The van der Waals surface area contributed by atoms with Crippen LogP contribution in [0.2, 0.25) is 0 Å². The number of hydrogen-bond acceptors (Lipinski definition) is 2. The fourth-order valence-corrected chi connectivity index (χ4v) is 2.48. The molecule has 0 saturated heterocycles. The minimum absolute atomic E-state index is 0.312. The highest BCUT2D eigenvalue weighted by Gasteiger charge is 2.21. The molecule has 2 aromatic carbocycles. The highest BCUT2D eigenvalue weighted by molar-refractivity contribution is 9.10. The maximum absolute atomic E-state index is 14.1. The van der Waals surface area contributed by atoms with Gasteiger partial charge in [0.25, 0.3) is 0 Å². The van der Waals surface area contributed by atoms with Gasteiger partial charge in [-0.3, -0.25) is 0 Å². The van der Waals surface area contributed by atoms with Gasteiger partial charge in [0.1, 0.15) is 5.75 Å². The zero-order valence-electron chi connectivity index (χ0n) is 11.8. The van der Waals surface area contributed by atoms with Gasteiger partial charge in [-0.2, -0.15) is 0 Å². The van der Waals surface area contributed by atoms with E-state index in [0.717, 1.165) is 15.6 Å². The molecule has 110 valence electrons. The molecule has 3 rings (SSSR count). The molecular weight excluding hydrogens is 333 g/mol. The number of benzene rings is 2. The van der Waals surface area contributed by atoms with E-state index in [-0.39, 0.29) is 5.82 Å². The lowest BCUT2D eigenvalue weighted by Crippen LogP contribution is -2.16. The van der Waals surface area contributed by atoms with Gasteiger partial charge in [-0.15, -0.1) is 0 Å². The summed E-state index contributed by atoms with van der Waals surface area (Å²) in [6.45, 7) is 2.58. The first-order valence-electron chi connectivity index (χ1n) is 7.08. The van der Waals surface area contributed by atoms with E-state index < -0.39 is 0 Å². The van der Waals surface area contributed by atoms with Crippen LogP contribution in [0.1, 0.15) is 24.0 Å². The second-order valence-electron chi connectivity index (χ2n) is 5.40. The van der Waals surface area contributed by atoms with Crippen LogP contribution in [0, 0.1) is 12.7 Å². The summed E-state index contributed by atoms with van der Waals surface area (Å²) in [6, 6.07) is 11.4. The number of ether oxygens (including phenoxy) is 1. The molecule has 2 aromatic rings. The van der Waals surface area contributed by atoms with Gasteiger partial charge in [0.15, 0.2) is 11.6 Å².